The van der Waals surface area contributed by atoms with Crippen molar-refractivity contribution in [3.8, 4) is 0 Å². The van der Waals surface area contributed by atoms with Crippen LogP contribution in [0.4, 0.5) is 10.1 Å². The lowest BCUT2D eigenvalue weighted by molar-refractivity contribution is -0.385. The highest BCUT2D eigenvalue weighted by Crippen LogP contribution is 2.26. The van der Waals surface area contributed by atoms with Crippen molar-refractivity contribution in [3.63, 3.8) is 0 Å². The van der Waals surface area contributed by atoms with E-state index in [9.17, 15) is 14.5 Å². The Labute approximate surface area is 120 Å². The molecule has 0 aliphatic heterocycles. The van der Waals surface area contributed by atoms with Crippen LogP contribution in [0.2, 0.25) is 5.02 Å². The van der Waals surface area contributed by atoms with E-state index in [1.165, 1.54) is 18.2 Å². The number of rotatable bonds is 5. The van der Waals surface area contributed by atoms with Crippen LogP contribution in [0.3, 0.4) is 0 Å². The largest absolute Gasteiger partial charge is 0.308 e. The third kappa shape index (κ3) is 3.31. The quantitative estimate of drug-likeness (QED) is 0.676. The van der Waals surface area contributed by atoms with Crippen LogP contribution in [0.15, 0.2) is 42.5 Å². The normalized spacial score (nSPS) is 10.5. The average Bonchev–Trinajstić information content (AvgIpc) is 2.42. The molecule has 0 spiro atoms. The van der Waals surface area contributed by atoms with Crippen LogP contribution < -0.4 is 5.32 Å². The van der Waals surface area contributed by atoms with Crippen LogP contribution in [-0.4, -0.2) is 4.92 Å². The number of hydrogen-bond acceptors (Lipinski definition) is 3. The zero-order valence-corrected chi connectivity index (χ0v) is 11.2. The summed E-state index contributed by atoms with van der Waals surface area (Å²) in [7, 11) is 0. The van der Waals surface area contributed by atoms with Crippen LogP contribution in [0.1, 0.15) is 11.1 Å². The number of hydrogen-bond donors (Lipinski definition) is 1. The maximum absolute atomic E-state index is 13.4. The smallest absolute Gasteiger partial charge is 0.275 e. The Hall–Kier alpha value is -1.98. The molecule has 0 saturated carbocycles. The van der Waals surface area contributed by atoms with Crippen molar-refractivity contribution in [2.45, 2.75) is 13.1 Å². The molecule has 0 saturated heterocycles. The van der Waals surface area contributed by atoms with Gasteiger partial charge < -0.3 is 5.32 Å². The third-order valence-corrected chi connectivity index (χ3v) is 3.22. The molecular formula is C14H12ClFN2O2. The Morgan fingerprint density at radius 3 is 2.60 bits per heavy atom. The van der Waals surface area contributed by atoms with E-state index < -0.39 is 4.92 Å². The molecule has 0 radical (unpaired) electrons. The summed E-state index contributed by atoms with van der Waals surface area (Å²) in [5, 5.41) is 14.2. The molecule has 6 heteroatoms. The Morgan fingerprint density at radius 2 is 1.90 bits per heavy atom. The number of halogens is 2. The highest BCUT2D eigenvalue weighted by atomic mass is 35.5. The molecule has 104 valence electrons. The summed E-state index contributed by atoms with van der Waals surface area (Å²) in [6, 6.07) is 10.9. The Morgan fingerprint density at radius 1 is 1.15 bits per heavy atom. The standard InChI is InChI=1S/C14H12ClFN2O2/c15-12-5-3-7-14(18(19)20)11(12)9-17-8-10-4-1-2-6-13(10)16/h1-7,17H,8-9H2. The molecule has 0 bridgehead atoms. The first-order valence-corrected chi connectivity index (χ1v) is 6.33. The van der Waals surface area contributed by atoms with Gasteiger partial charge in [0.05, 0.1) is 15.5 Å². The number of nitrogens with one attached hydrogen (secondary N) is 1. The second kappa shape index (κ2) is 6.45. The van der Waals surface area contributed by atoms with Gasteiger partial charge in [-0.3, -0.25) is 10.1 Å². The van der Waals surface area contributed by atoms with Crippen LogP contribution in [0.5, 0.6) is 0 Å². The van der Waals surface area contributed by atoms with E-state index in [0.717, 1.165) is 0 Å². The maximum atomic E-state index is 13.4. The number of nitro groups is 1. The van der Waals surface area contributed by atoms with E-state index in [1.54, 1.807) is 24.3 Å². The lowest BCUT2D eigenvalue weighted by atomic mass is 10.1. The van der Waals surface area contributed by atoms with Crippen LogP contribution in [-0.2, 0) is 13.1 Å². The van der Waals surface area contributed by atoms with Gasteiger partial charge in [-0.05, 0) is 12.1 Å². The van der Waals surface area contributed by atoms with Crippen molar-refractivity contribution in [3.05, 3.63) is 74.5 Å². The minimum absolute atomic E-state index is 0.0430. The molecule has 0 aromatic heterocycles. The topological polar surface area (TPSA) is 55.2 Å². The summed E-state index contributed by atoms with van der Waals surface area (Å²) in [4.78, 5) is 10.4. The van der Waals surface area contributed by atoms with Crippen LogP contribution in [0, 0.1) is 15.9 Å². The molecule has 2 aromatic carbocycles. The van der Waals surface area contributed by atoms with Gasteiger partial charge >= 0.3 is 0 Å². The van der Waals surface area contributed by atoms with Crippen molar-refractivity contribution >= 4 is 17.3 Å². The lowest BCUT2D eigenvalue weighted by Gasteiger charge is -2.08. The zero-order chi connectivity index (χ0) is 14.5. The minimum atomic E-state index is -0.480. The number of nitro benzene ring substituents is 1. The molecular weight excluding hydrogens is 283 g/mol. The zero-order valence-electron chi connectivity index (χ0n) is 10.5. The first-order valence-electron chi connectivity index (χ1n) is 5.95. The summed E-state index contributed by atoms with van der Waals surface area (Å²) >= 11 is 5.97. The molecule has 2 rings (SSSR count). The van der Waals surface area contributed by atoms with E-state index in [1.807, 2.05) is 0 Å². The predicted octanol–water partition coefficient (Wildman–Crippen LogP) is 3.68. The van der Waals surface area contributed by atoms with E-state index in [4.69, 9.17) is 11.6 Å². The molecule has 0 unspecified atom stereocenters. The van der Waals surface area contributed by atoms with E-state index in [-0.39, 0.29) is 24.6 Å². The molecule has 2 aromatic rings. The summed E-state index contributed by atoms with van der Waals surface area (Å²) in [5.74, 6) is -0.311. The molecule has 0 fully saturated rings. The maximum Gasteiger partial charge on any atom is 0.275 e. The molecule has 0 aliphatic rings. The average molecular weight is 295 g/mol. The minimum Gasteiger partial charge on any atom is -0.308 e. The van der Waals surface area contributed by atoms with Gasteiger partial charge in [0.25, 0.3) is 5.69 Å². The van der Waals surface area contributed by atoms with Crippen molar-refractivity contribution in [1.82, 2.24) is 5.32 Å². The van der Waals surface area contributed by atoms with Gasteiger partial charge in [-0.1, -0.05) is 35.9 Å². The molecule has 0 atom stereocenters. The van der Waals surface area contributed by atoms with Gasteiger partial charge in [-0.25, -0.2) is 4.39 Å². The fourth-order valence-corrected chi connectivity index (χ4v) is 2.09. The second-order valence-electron chi connectivity index (χ2n) is 4.19. The molecule has 0 amide bonds. The van der Waals surface area contributed by atoms with E-state index >= 15 is 0 Å². The van der Waals surface area contributed by atoms with Gasteiger partial charge in [0.15, 0.2) is 0 Å². The Bertz CT molecular complexity index is 634. The van der Waals surface area contributed by atoms with E-state index in [0.29, 0.717) is 16.1 Å². The summed E-state index contributed by atoms with van der Waals surface area (Å²) in [5.41, 5.74) is 0.858. The van der Waals surface area contributed by atoms with Crippen LogP contribution >= 0.6 is 11.6 Å². The van der Waals surface area contributed by atoms with Crippen LogP contribution in [0.25, 0.3) is 0 Å². The van der Waals surface area contributed by atoms with Gasteiger partial charge in [0.2, 0.25) is 0 Å². The summed E-state index contributed by atoms with van der Waals surface area (Å²) < 4.78 is 13.4. The SMILES string of the molecule is O=[N+]([O-])c1cccc(Cl)c1CNCc1ccccc1F. The molecule has 4 nitrogen and oxygen atoms in total. The number of benzene rings is 2. The van der Waals surface area contributed by atoms with Crippen molar-refractivity contribution in [1.29, 1.82) is 0 Å². The fraction of sp³-hybridized carbons (Fsp3) is 0.143. The molecule has 1 N–H and O–H groups in total. The predicted molar refractivity (Wildman–Crippen MR) is 75.1 cm³/mol. The second-order valence-corrected chi connectivity index (χ2v) is 4.60. The molecule has 0 heterocycles. The van der Waals surface area contributed by atoms with Crippen molar-refractivity contribution in [2.75, 3.05) is 0 Å². The van der Waals surface area contributed by atoms with Crippen molar-refractivity contribution < 1.29 is 9.31 Å². The number of nitrogens with zero attached hydrogens (tertiary/aromatic N) is 1. The third-order valence-electron chi connectivity index (χ3n) is 2.87. The Balaban J connectivity index is 2.08. The highest BCUT2D eigenvalue weighted by Gasteiger charge is 2.16. The molecule has 0 aliphatic carbocycles. The fourth-order valence-electron chi connectivity index (χ4n) is 1.86. The highest BCUT2D eigenvalue weighted by molar-refractivity contribution is 6.31. The first-order chi connectivity index (χ1) is 9.59. The van der Waals surface area contributed by atoms with Gasteiger partial charge in [0.1, 0.15) is 5.82 Å². The lowest BCUT2D eigenvalue weighted by Crippen LogP contribution is -2.15. The van der Waals surface area contributed by atoms with E-state index in [2.05, 4.69) is 5.32 Å². The monoisotopic (exact) mass is 294 g/mol. The summed E-state index contributed by atoms with van der Waals surface area (Å²) in [6.45, 7) is 0.472. The van der Waals surface area contributed by atoms with Crippen molar-refractivity contribution in [2.24, 2.45) is 0 Å². The first kappa shape index (κ1) is 14.4. The molecule has 20 heavy (non-hydrogen) atoms. The Kier molecular flexibility index (Phi) is 4.65. The summed E-state index contributed by atoms with van der Waals surface area (Å²) in [6.07, 6.45) is 0. The van der Waals surface area contributed by atoms with Gasteiger partial charge in [0, 0.05) is 24.7 Å². The van der Waals surface area contributed by atoms with Gasteiger partial charge in [-0.2, -0.15) is 0 Å². The van der Waals surface area contributed by atoms with Gasteiger partial charge in [-0.15, -0.1) is 0 Å².